The van der Waals surface area contributed by atoms with E-state index >= 15 is 0 Å². The predicted molar refractivity (Wildman–Crippen MR) is 196 cm³/mol. The number of carbonyl (C=O) groups excluding carboxylic acids is 3. The molecule has 4 aliphatic heterocycles. The molecule has 11 heteroatoms. The number of fused-ring (bicyclic) bond motifs is 1. The minimum Gasteiger partial charge on any atom is -0.395 e. The van der Waals surface area contributed by atoms with Crippen molar-refractivity contribution in [2.75, 3.05) is 75.7 Å². The zero-order valence-electron chi connectivity index (χ0n) is 28.8. The van der Waals surface area contributed by atoms with Crippen LogP contribution in [0.1, 0.15) is 65.8 Å². The standard InChI is InChI=1S/C37H52N6O4S.2H2/c1-37(2,3)15-19-43-34(46)32(48-35(43)29-9-5-7-11-31(29)40-22-20-39(21-23-40)24-25-44)26-33(45)41-16-13-28(14-17-41)42-18-12-27-8-4-6-10-30(27)38-36(42)47;;/h4-11,28,32,35,44H,12-26H2,1-3H3,(H,38,47);2*1H. The minimum absolute atomic E-state index is 0. The summed E-state index contributed by atoms with van der Waals surface area (Å²) in [6.07, 6.45) is 3.35. The second-order valence-electron chi connectivity index (χ2n) is 14.8. The first-order chi connectivity index (χ1) is 23.1. The Morgan fingerprint density at radius 3 is 2.38 bits per heavy atom. The molecule has 10 nitrogen and oxygen atoms in total. The Morgan fingerprint density at radius 2 is 1.65 bits per heavy atom. The highest BCUT2D eigenvalue weighted by Gasteiger charge is 2.44. The number of urea groups is 1. The third-order valence-corrected chi connectivity index (χ3v) is 11.8. The Labute approximate surface area is 292 Å². The van der Waals surface area contributed by atoms with Crippen LogP contribution in [0.25, 0.3) is 0 Å². The molecular formula is C37H56N6O4S. The highest BCUT2D eigenvalue weighted by atomic mass is 32.2. The molecule has 48 heavy (non-hydrogen) atoms. The number of hydrogen-bond donors (Lipinski definition) is 2. The van der Waals surface area contributed by atoms with Crippen LogP contribution < -0.4 is 10.2 Å². The zero-order valence-corrected chi connectivity index (χ0v) is 29.6. The van der Waals surface area contributed by atoms with E-state index in [-0.39, 0.29) is 50.6 Å². The molecule has 2 aromatic carbocycles. The average molecular weight is 681 g/mol. The summed E-state index contributed by atoms with van der Waals surface area (Å²) in [7, 11) is 0. The predicted octanol–water partition coefficient (Wildman–Crippen LogP) is 5.14. The number of carbonyl (C=O) groups is 3. The maximum Gasteiger partial charge on any atom is 0.322 e. The summed E-state index contributed by atoms with van der Waals surface area (Å²) in [5.74, 6) is 0.0811. The van der Waals surface area contributed by atoms with Crippen LogP contribution in [-0.2, 0) is 16.0 Å². The lowest BCUT2D eigenvalue weighted by Crippen LogP contribution is -2.50. The molecule has 3 saturated heterocycles. The van der Waals surface area contributed by atoms with Crippen molar-refractivity contribution in [2.45, 2.75) is 69.5 Å². The monoisotopic (exact) mass is 680 g/mol. The Balaban J connectivity index is 0.00000281. The number of likely N-dealkylation sites (tertiary alicyclic amines) is 1. The SMILES string of the molecule is CC(C)(C)CCN1C(=O)C(CC(=O)N2CCC(N3CCc4ccccc4NC3=O)CC2)SC1c1ccccc1N1CCN(CCO)CC1.[HH].[HH]. The Bertz CT molecular complexity index is 1460. The molecule has 2 atom stereocenters. The van der Waals surface area contributed by atoms with Gasteiger partial charge in [0.15, 0.2) is 0 Å². The van der Waals surface area contributed by atoms with Crippen molar-refractivity contribution in [3.63, 3.8) is 0 Å². The van der Waals surface area contributed by atoms with Crippen molar-refractivity contribution in [2.24, 2.45) is 5.41 Å². The smallest absolute Gasteiger partial charge is 0.322 e. The van der Waals surface area contributed by atoms with Crippen molar-refractivity contribution in [3.05, 3.63) is 59.7 Å². The summed E-state index contributed by atoms with van der Waals surface area (Å²) in [4.78, 5) is 51.5. The van der Waals surface area contributed by atoms with Gasteiger partial charge in [0.2, 0.25) is 11.8 Å². The van der Waals surface area contributed by atoms with Gasteiger partial charge in [-0.25, -0.2) is 4.79 Å². The summed E-state index contributed by atoms with van der Waals surface area (Å²) in [5.41, 5.74) is 4.40. The summed E-state index contributed by atoms with van der Waals surface area (Å²) in [6, 6.07) is 16.4. The lowest BCUT2D eigenvalue weighted by atomic mass is 9.92. The van der Waals surface area contributed by atoms with E-state index in [0.717, 1.165) is 74.4 Å². The van der Waals surface area contributed by atoms with Crippen LogP contribution in [-0.4, -0.2) is 119 Å². The topological polar surface area (TPSA) is 99.7 Å². The molecule has 4 amide bonds. The number of rotatable bonds is 9. The molecule has 0 radical (unpaired) electrons. The third-order valence-electron chi connectivity index (χ3n) is 10.3. The number of piperidine rings is 1. The summed E-state index contributed by atoms with van der Waals surface area (Å²) < 4.78 is 0. The number of amides is 4. The Kier molecular flexibility index (Phi) is 10.9. The van der Waals surface area contributed by atoms with Gasteiger partial charge < -0.3 is 30.0 Å². The minimum atomic E-state index is -0.426. The van der Waals surface area contributed by atoms with E-state index in [4.69, 9.17) is 0 Å². The number of nitrogens with one attached hydrogen (secondary N) is 1. The van der Waals surface area contributed by atoms with E-state index in [1.54, 1.807) is 11.8 Å². The quantitative estimate of drug-likeness (QED) is 0.379. The van der Waals surface area contributed by atoms with E-state index in [9.17, 15) is 19.5 Å². The number of aliphatic hydroxyl groups is 1. The van der Waals surface area contributed by atoms with Gasteiger partial charge in [-0.3, -0.25) is 14.5 Å². The number of β-amino-alcohol motifs (C(OH)–C–C–N with tert-alkyl or cyclic N) is 1. The van der Waals surface area contributed by atoms with Crippen LogP contribution in [0.4, 0.5) is 16.2 Å². The molecule has 2 unspecified atom stereocenters. The fourth-order valence-corrected chi connectivity index (χ4v) is 8.94. The van der Waals surface area contributed by atoms with E-state index in [1.807, 2.05) is 32.9 Å². The molecule has 0 saturated carbocycles. The van der Waals surface area contributed by atoms with Crippen LogP contribution in [0.3, 0.4) is 0 Å². The molecular weight excluding hydrogens is 625 g/mol. The van der Waals surface area contributed by atoms with E-state index in [0.29, 0.717) is 32.7 Å². The van der Waals surface area contributed by atoms with Crippen molar-refractivity contribution in [3.8, 4) is 0 Å². The van der Waals surface area contributed by atoms with Crippen molar-refractivity contribution < 1.29 is 22.3 Å². The fraction of sp³-hybridized carbons (Fsp3) is 0.595. The molecule has 6 rings (SSSR count). The second-order valence-corrected chi connectivity index (χ2v) is 16.1. The maximum absolute atomic E-state index is 14.1. The van der Waals surface area contributed by atoms with Crippen LogP contribution in [0.15, 0.2) is 48.5 Å². The van der Waals surface area contributed by atoms with Gasteiger partial charge in [-0.1, -0.05) is 57.2 Å². The highest BCUT2D eigenvalue weighted by Crippen LogP contribution is 2.48. The number of thioether (sulfide) groups is 1. The molecule has 0 aliphatic carbocycles. The highest BCUT2D eigenvalue weighted by molar-refractivity contribution is 8.01. The molecule has 2 N–H and O–H groups in total. The lowest BCUT2D eigenvalue weighted by molar-refractivity contribution is -0.137. The zero-order chi connectivity index (χ0) is 33.8. The molecule has 264 valence electrons. The van der Waals surface area contributed by atoms with Crippen molar-refractivity contribution in [1.29, 1.82) is 0 Å². The Morgan fingerprint density at radius 1 is 0.938 bits per heavy atom. The van der Waals surface area contributed by atoms with Gasteiger partial charge in [-0.15, -0.1) is 11.8 Å². The van der Waals surface area contributed by atoms with Crippen LogP contribution in [0.5, 0.6) is 0 Å². The second kappa shape index (κ2) is 15.1. The van der Waals surface area contributed by atoms with Gasteiger partial charge in [0.25, 0.3) is 0 Å². The summed E-state index contributed by atoms with van der Waals surface area (Å²) in [6.45, 7) is 13.5. The average Bonchev–Trinajstić information content (AvgIpc) is 3.27. The first kappa shape index (κ1) is 34.6. The lowest BCUT2D eigenvalue weighted by Gasteiger charge is -2.38. The number of aliphatic hydroxyl groups excluding tert-OH is 1. The van der Waals surface area contributed by atoms with Gasteiger partial charge in [0.05, 0.1) is 11.9 Å². The van der Waals surface area contributed by atoms with Crippen LogP contribution in [0, 0.1) is 5.41 Å². The maximum atomic E-state index is 14.1. The molecule has 4 aliphatic rings. The summed E-state index contributed by atoms with van der Waals surface area (Å²) in [5, 5.41) is 11.9. The van der Waals surface area contributed by atoms with Gasteiger partial charge in [-0.05, 0) is 48.8 Å². The molecule has 0 bridgehead atoms. The number of nitrogens with zero attached hydrogens (tertiary/aromatic N) is 5. The van der Waals surface area contributed by atoms with Crippen molar-refractivity contribution >= 4 is 41.0 Å². The van der Waals surface area contributed by atoms with E-state index < -0.39 is 5.25 Å². The number of para-hydroxylation sites is 2. The molecule has 0 aromatic heterocycles. The first-order valence-corrected chi connectivity index (χ1v) is 18.6. The van der Waals surface area contributed by atoms with Gasteiger partial charge in [0.1, 0.15) is 5.37 Å². The summed E-state index contributed by atoms with van der Waals surface area (Å²) >= 11 is 1.63. The third kappa shape index (κ3) is 7.95. The number of anilines is 2. The fourth-order valence-electron chi connectivity index (χ4n) is 7.44. The number of piperazine rings is 1. The normalized spacial score (nSPS) is 22.9. The molecule has 0 spiro atoms. The molecule has 4 heterocycles. The van der Waals surface area contributed by atoms with Crippen LogP contribution in [0.2, 0.25) is 0 Å². The number of hydrogen-bond acceptors (Lipinski definition) is 7. The Hall–Kier alpha value is -3.28. The van der Waals surface area contributed by atoms with Gasteiger partial charge >= 0.3 is 6.03 Å². The molecule has 3 fully saturated rings. The van der Waals surface area contributed by atoms with Gasteiger partial charge in [0, 0.05) is 91.2 Å². The number of benzene rings is 2. The molecule has 2 aromatic rings. The van der Waals surface area contributed by atoms with Crippen LogP contribution >= 0.6 is 11.8 Å². The van der Waals surface area contributed by atoms with Crippen molar-refractivity contribution in [1.82, 2.24) is 19.6 Å². The van der Waals surface area contributed by atoms with Gasteiger partial charge in [-0.2, -0.15) is 0 Å². The van der Waals surface area contributed by atoms with E-state index in [2.05, 4.69) is 66.2 Å². The first-order valence-electron chi connectivity index (χ1n) is 17.7. The largest absolute Gasteiger partial charge is 0.395 e. The van der Waals surface area contributed by atoms with E-state index in [1.165, 1.54) is 0 Å².